The number of carbonyl (C=O) groups is 5. The van der Waals surface area contributed by atoms with Crippen molar-refractivity contribution in [1.29, 1.82) is 0 Å². The van der Waals surface area contributed by atoms with Crippen molar-refractivity contribution in [3.63, 3.8) is 0 Å². The highest BCUT2D eigenvalue weighted by Crippen LogP contribution is 2.34. The average Bonchev–Trinajstić information content (AvgIpc) is 3.03. The Morgan fingerprint density at radius 2 is 1.55 bits per heavy atom. The molecule has 0 aromatic heterocycles. The zero-order valence-electron chi connectivity index (χ0n) is 16.7. The maximum Gasteiger partial charge on any atom is 0.331 e. The summed E-state index contributed by atoms with van der Waals surface area (Å²) in [6.45, 7) is 0. The fourth-order valence-electron chi connectivity index (χ4n) is 3.71. The summed E-state index contributed by atoms with van der Waals surface area (Å²) in [4.78, 5) is 62.5. The number of nitrogens with two attached hydrogens (primary N) is 1. The lowest BCUT2D eigenvalue weighted by atomic mass is 9.84. The molecule has 160 valence electrons. The molecular formula is C23H22N2O6. The van der Waals surface area contributed by atoms with Gasteiger partial charge in [-0.25, -0.2) is 4.79 Å². The number of aliphatic carboxylic acids is 1. The molecule has 0 spiro atoms. The highest BCUT2D eigenvalue weighted by molar-refractivity contribution is 6.22. The molecule has 1 aliphatic heterocycles. The lowest BCUT2D eigenvalue weighted by Gasteiger charge is -2.30. The minimum absolute atomic E-state index is 0.0695. The van der Waals surface area contributed by atoms with Crippen molar-refractivity contribution in [3.8, 4) is 0 Å². The first-order valence-electron chi connectivity index (χ1n) is 9.82. The zero-order valence-corrected chi connectivity index (χ0v) is 16.7. The number of hydrogen-bond acceptors (Lipinski definition) is 6. The number of imide groups is 1. The number of fused-ring (bicyclic) bond motifs is 1. The first kappa shape index (κ1) is 22.0. The second-order valence-corrected chi connectivity index (χ2v) is 7.42. The molecule has 0 fully saturated rings. The number of aldehydes is 1. The molecule has 0 saturated carbocycles. The van der Waals surface area contributed by atoms with Crippen molar-refractivity contribution < 1.29 is 29.1 Å². The Hall–Kier alpha value is -3.65. The van der Waals surface area contributed by atoms with Crippen LogP contribution in [0.1, 0.15) is 58.0 Å². The number of amides is 2. The molecule has 2 amide bonds. The smallest absolute Gasteiger partial charge is 0.331 e. The van der Waals surface area contributed by atoms with Gasteiger partial charge >= 0.3 is 5.97 Å². The molecule has 1 aliphatic rings. The van der Waals surface area contributed by atoms with Gasteiger partial charge < -0.3 is 15.6 Å². The van der Waals surface area contributed by atoms with E-state index in [4.69, 9.17) is 5.73 Å². The highest BCUT2D eigenvalue weighted by atomic mass is 16.4. The summed E-state index contributed by atoms with van der Waals surface area (Å²) in [5, 5.41) is 9.62. The molecular weight excluding hydrogens is 400 g/mol. The van der Waals surface area contributed by atoms with Crippen molar-refractivity contribution in [2.24, 2.45) is 5.73 Å². The number of nitrogens with zero attached hydrogens (tertiary/aromatic N) is 1. The summed E-state index contributed by atoms with van der Waals surface area (Å²) < 4.78 is 0. The van der Waals surface area contributed by atoms with E-state index >= 15 is 0 Å². The van der Waals surface area contributed by atoms with E-state index in [1.807, 2.05) is 0 Å². The van der Waals surface area contributed by atoms with Gasteiger partial charge in [-0.15, -0.1) is 0 Å². The number of carbonyl (C=O) groups excluding carboxylic acids is 4. The number of benzene rings is 2. The van der Waals surface area contributed by atoms with Crippen LogP contribution in [-0.4, -0.2) is 45.4 Å². The van der Waals surface area contributed by atoms with Crippen molar-refractivity contribution >= 4 is 29.9 Å². The molecule has 2 aromatic carbocycles. The van der Waals surface area contributed by atoms with Crippen LogP contribution in [-0.2, 0) is 14.4 Å². The van der Waals surface area contributed by atoms with Gasteiger partial charge in [0.15, 0.2) is 11.3 Å². The summed E-state index contributed by atoms with van der Waals surface area (Å²) in [7, 11) is 0. The Morgan fingerprint density at radius 1 is 1.00 bits per heavy atom. The Morgan fingerprint density at radius 3 is 2.06 bits per heavy atom. The van der Waals surface area contributed by atoms with Gasteiger partial charge in [-0.1, -0.05) is 42.5 Å². The van der Waals surface area contributed by atoms with Gasteiger partial charge in [0.2, 0.25) is 0 Å². The topological polar surface area (TPSA) is 135 Å². The van der Waals surface area contributed by atoms with Crippen LogP contribution in [0, 0.1) is 0 Å². The van der Waals surface area contributed by atoms with Crippen LogP contribution in [0.25, 0.3) is 0 Å². The number of ketones is 1. The van der Waals surface area contributed by atoms with Crippen LogP contribution in [0.4, 0.5) is 0 Å². The lowest BCUT2D eigenvalue weighted by molar-refractivity contribution is -0.149. The SMILES string of the molecule is N[C@](CCCC=O)(C(=O)O)C(=O)CC(c1ccccc1)N1C(=O)c2ccccc2C1=O. The van der Waals surface area contributed by atoms with Crippen molar-refractivity contribution in [1.82, 2.24) is 4.90 Å². The van der Waals surface area contributed by atoms with E-state index in [0.717, 1.165) is 4.90 Å². The fourth-order valence-corrected chi connectivity index (χ4v) is 3.71. The van der Waals surface area contributed by atoms with Crippen LogP contribution >= 0.6 is 0 Å². The van der Waals surface area contributed by atoms with Crippen LogP contribution in [0.3, 0.4) is 0 Å². The predicted octanol–water partition coefficient (Wildman–Crippen LogP) is 2.13. The molecule has 0 saturated heterocycles. The molecule has 3 rings (SSSR count). The summed E-state index contributed by atoms with van der Waals surface area (Å²) >= 11 is 0. The van der Waals surface area contributed by atoms with Gasteiger partial charge in [0.05, 0.1) is 17.2 Å². The number of carboxylic acids is 1. The Kier molecular flexibility index (Phi) is 6.41. The number of carboxylic acid groups (broad SMARTS) is 1. The largest absolute Gasteiger partial charge is 0.480 e. The van der Waals surface area contributed by atoms with Gasteiger partial charge in [-0.05, 0) is 30.5 Å². The van der Waals surface area contributed by atoms with Crippen LogP contribution < -0.4 is 5.73 Å². The molecule has 2 atom stereocenters. The van der Waals surface area contributed by atoms with Crippen molar-refractivity contribution in [2.45, 2.75) is 37.3 Å². The lowest BCUT2D eigenvalue weighted by Crippen LogP contribution is -2.55. The van der Waals surface area contributed by atoms with E-state index in [1.165, 1.54) is 12.1 Å². The van der Waals surface area contributed by atoms with Crippen LogP contribution in [0.5, 0.6) is 0 Å². The Bertz CT molecular complexity index is 1000. The van der Waals surface area contributed by atoms with Crippen LogP contribution in [0.2, 0.25) is 0 Å². The number of hydrogen-bond donors (Lipinski definition) is 2. The first-order valence-corrected chi connectivity index (χ1v) is 9.82. The second-order valence-electron chi connectivity index (χ2n) is 7.42. The molecule has 1 unspecified atom stereocenters. The number of rotatable bonds is 10. The van der Waals surface area contributed by atoms with E-state index in [1.54, 1.807) is 42.5 Å². The Labute approximate surface area is 178 Å². The molecule has 8 heteroatoms. The quantitative estimate of drug-likeness (QED) is 0.259. The van der Waals surface area contributed by atoms with E-state index in [2.05, 4.69) is 0 Å². The fraction of sp³-hybridized carbons (Fsp3) is 0.261. The second kappa shape index (κ2) is 9.01. The number of Topliss-reactive ketones (excluding diaryl/α,β-unsaturated/α-hetero) is 1. The summed E-state index contributed by atoms with van der Waals surface area (Å²) in [5.74, 6) is -3.45. The summed E-state index contributed by atoms with van der Waals surface area (Å²) in [5.41, 5.74) is 4.68. The van der Waals surface area contributed by atoms with Gasteiger partial charge in [0.1, 0.15) is 6.29 Å². The Balaban J connectivity index is 1.97. The third-order valence-electron chi connectivity index (χ3n) is 5.47. The molecule has 0 bridgehead atoms. The molecule has 2 aromatic rings. The first-order chi connectivity index (χ1) is 14.8. The third-order valence-corrected chi connectivity index (χ3v) is 5.47. The maximum absolute atomic E-state index is 13.1. The summed E-state index contributed by atoms with van der Waals surface area (Å²) in [6.07, 6.45) is 0.127. The number of unbranched alkanes of at least 4 members (excludes halogenated alkanes) is 1. The molecule has 0 aliphatic carbocycles. The van der Waals surface area contributed by atoms with E-state index in [-0.39, 0.29) is 30.4 Å². The molecule has 8 nitrogen and oxygen atoms in total. The monoisotopic (exact) mass is 422 g/mol. The van der Waals surface area contributed by atoms with E-state index in [0.29, 0.717) is 11.8 Å². The molecule has 3 N–H and O–H groups in total. The minimum atomic E-state index is -2.23. The average molecular weight is 422 g/mol. The van der Waals surface area contributed by atoms with E-state index < -0.39 is 41.6 Å². The standard InChI is InChI=1S/C23H22N2O6/c24-23(22(30)31,12-6-7-13-26)19(27)14-18(15-8-2-1-3-9-15)25-20(28)16-10-4-5-11-17(16)21(25)29/h1-5,8-11,13,18H,6-7,12,14,24H2,(H,30,31)/t18?,23-/m0/s1. The van der Waals surface area contributed by atoms with Crippen molar-refractivity contribution in [2.75, 3.05) is 0 Å². The zero-order chi connectivity index (χ0) is 22.6. The minimum Gasteiger partial charge on any atom is -0.480 e. The van der Waals surface area contributed by atoms with Crippen LogP contribution in [0.15, 0.2) is 54.6 Å². The van der Waals surface area contributed by atoms with Gasteiger partial charge in [0, 0.05) is 12.8 Å². The van der Waals surface area contributed by atoms with Gasteiger partial charge in [-0.3, -0.25) is 19.3 Å². The third kappa shape index (κ3) is 4.15. The van der Waals surface area contributed by atoms with Crippen molar-refractivity contribution in [3.05, 3.63) is 71.3 Å². The van der Waals surface area contributed by atoms with Gasteiger partial charge in [0.25, 0.3) is 11.8 Å². The molecule has 1 heterocycles. The van der Waals surface area contributed by atoms with Gasteiger partial charge in [-0.2, -0.15) is 0 Å². The molecule has 31 heavy (non-hydrogen) atoms. The molecule has 0 radical (unpaired) electrons. The predicted molar refractivity (Wildman–Crippen MR) is 110 cm³/mol. The normalized spacial score (nSPS) is 15.8. The van der Waals surface area contributed by atoms with E-state index in [9.17, 15) is 29.1 Å². The summed E-state index contributed by atoms with van der Waals surface area (Å²) in [6, 6.07) is 13.8. The maximum atomic E-state index is 13.1. The highest BCUT2D eigenvalue weighted by Gasteiger charge is 2.46.